The number of benzene rings is 1. The molecular weight excluding hydrogens is 276 g/mol. The Labute approximate surface area is 133 Å². The molecule has 1 amide bonds. The summed E-state index contributed by atoms with van der Waals surface area (Å²) in [5, 5.41) is 0. The first-order valence-corrected chi connectivity index (χ1v) is 8.39. The summed E-state index contributed by atoms with van der Waals surface area (Å²) < 4.78 is 5.57. The van der Waals surface area contributed by atoms with Gasteiger partial charge in [-0.1, -0.05) is 19.9 Å². The van der Waals surface area contributed by atoms with E-state index in [2.05, 4.69) is 13.8 Å². The average molecular weight is 304 g/mol. The van der Waals surface area contributed by atoms with Crippen LogP contribution in [-0.4, -0.2) is 30.5 Å². The van der Waals surface area contributed by atoms with Crippen LogP contribution < -0.4 is 10.5 Å². The number of nitrogens with zero attached hydrogens (tertiary/aromatic N) is 1. The third-order valence-electron chi connectivity index (χ3n) is 4.30. The van der Waals surface area contributed by atoms with Crippen LogP contribution in [0.15, 0.2) is 18.2 Å². The van der Waals surface area contributed by atoms with Crippen molar-refractivity contribution in [1.82, 2.24) is 4.90 Å². The van der Waals surface area contributed by atoms with E-state index in [4.69, 9.17) is 10.5 Å². The number of piperidine rings is 1. The summed E-state index contributed by atoms with van der Waals surface area (Å²) in [7, 11) is 0. The van der Waals surface area contributed by atoms with E-state index in [1.165, 1.54) is 0 Å². The number of nitrogen functional groups attached to an aromatic ring is 1. The Morgan fingerprint density at radius 2 is 2.09 bits per heavy atom. The van der Waals surface area contributed by atoms with E-state index in [-0.39, 0.29) is 5.91 Å². The number of hydrogen-bond acceptors (Lipinski definition) is 3. The van der Waals surface area contributed by atoms with Crippen molar-refractivity contribution in [3.63, 3.8) is 0 Å². The van der Waals surface area contributed by atoms with Crippen LogP contribution in [0.2, 0.25) is 0 Å². The third-order valence-corrected chi connectivity index (χ3v) is 4.30. The lowest BCUT2D eigenvalue weighted by molar-refractivity contribution is -0.132. The summed E-state index contributed by atoms with van der Waals surface area (Å²) in [5.41, 5.74) is 7.76. The zero-order valence-corrected chi connectivity index (χ0v) is 13.8. The van der Waals surface area contributed by atoms with Crippen LogP contribution in [0, 0.1) is 5.92 Å². The maximum atomic E-state index is 12.2. The highest BCUT2D eigenvalue weighted by Crippen LogP contribution is 2.24. The molecule has 1 aromatic carbocycles. The maximum Gasteiger partial charge on any atom is 0.222 e. The number of rotatable bonds is 6. The number of anilines is 1. The minimum Gasteiger partial charge on any atom is -0.491 e. The number of likely N-dealkylation sites (tertiary alicyclic amines) is 1. The number of amides is 1. The molecule has 22 heavy (non-hydrogen) atoms. The highest BCUT2D eigenvalue weighted by molar-refractivity contribution is 5.76. The monoisotopic (exact) mass is 304 g/mol. The van der Waals surface area contributed by atoms with E-state index >= 15 is 0 Å². The quantitative estimate of drug-likeness (QED) is 0.821. The van der Waals surface area contributed by atoms with Gasteiger partial charge in [0.2, 0.25) is 5.91 Å². The molecule has 122 valence electrons. The average Bonchev–Trinajstić information content (AvgIpc) is 2.52. The van der Waals surface area contributed by atoms with Crippen molar-refractivity contribution >= 4 is 11.6 Å². The molecule has 1 aliphatic rings. The van der Waals surface area contributed by atoms with Crippen molar-refractivity contribution in [2.24, 2.45) is 5.92 Å². The fourth-order valence-electron chi connectivity index (χ4n) is 2.76. The summed E-state index contributed by atoms with van der Waals surface area (Å²) >= 11 is 0. The molecule has 4 nitrogen and oxygen atoms in total. The van der Waals surface area contributed by atoms with Gasteiger partial charge in [0, 0.05) is 19.5 Å². The lowest BCUT2D eigenvalue weighted by atomic mass is 9.98. The molecule has 1 aromatic rings. The second kappa shape index (κ2) is 8.06. The molecule has 0 aliphatic carbocycles. The molecule has 0 atom stereocenters. The lowest BCUT2D eigenvalue weighted by Crippen LogP contribution is -2.37. The van der Waals surface area contributed by atoms with Crippen LogP contribution in [0.5, 0.6) is 5.75 Å². The van der Waals surface area contributed by atoms with Gasteiger partial charge in [-0.05, 0) is 49.3 Å². The Kier molecular flexibility index (Phi) is 6.10. The maximum absolute atomic E-state index is 12.2. The summed E-state index contributed by atoms with van der Waals surface area (Å²) in [5.74, 6) is 1.75. The van der Waals surface area contributed by atoms with Gasteiger partial charge in [-0.25, -0.2) is 0 Å². The van der Waals surface area contributed by atoms with Crippen molar-refractivity contribution in [1.29, 1.82) is 0 Å². The predicted molar refractivity (Wildman–Crippen MR) is 89.9 cm³/mol. The zero-order valence-electron chi connectivity index (χ0n) is 13.8. The van der Waals surface area contributed by atoms with Gasteiger partial charge in [-0.2, -0.15) is 0 Å². The number of hydrogen-bond donors (Lipinski definition) is 1. The van der Waals surface area contributed by atoms with Crippen LogP contribution in [0.3, 0.4) is 0 Å². The van der Waals surface area contributed by atoms with Gasteiger partial charge in [-0.15, -0.1) is 0 Å². The minimum absolute atomic E-state index is 0.261. The Balaban J connectivity index is 1.83. The molecule has 2 rings (SSSR count). The number of aryl methyl sites for hydroxylation is 1. The van der Waals surface area contributed by atoms with Gasteiger partial charge in [0.25, 0.3) is 0 Å². The van der Waals surface area contributed by atoms with Gasteiger partial charge >= 0.3 is 0 Å². The van der Waals surface area contributed by atoms with Crippen molar-refractivity contribution < 1.29 is 9.53 Å². The molecule has 2 N–H and O–H groups in total. The second-order valence-electron chi connectivity index (χ2n) is 6.28. The van der Waals surface area contributed by atoms with Crippen LogP contribution >= 0.6 is 0 Å². The van der Waals surface area contributed by atoms with Crippen LogP contribution in [-0.2, 0) is 11.2 Å². The van der Waals surface area contributed by atoms with Crippen molar-refractivity contribution in [2.75, 3.05) is 25.4 Å². The molecule has 0 spiro atoms. The van der Waals surface area contributed by atoms with Crippen molar-refractivity contribution in [2.45, 2.75) is 46.0 Å². The van der Waals surface area contributed by atoms with E-state index in [9.17, 15) is 4.79 Å². The first-order valence-electron chi connectivity index (χ1n) is 8.39. The van der Waals surface area contributed by atoms with E-state index in [1.807, 2.05) is 23.1 Å². The Morgan fingerprint density at radius 3 is 2.73 bits per heavy atom. The Bertz CT molecular complexity index is 494. The lowest BCUT2D eigenvalue weighted by Gasteiger charge is -2.30. The van der Waals surface area contributed by atoms with Crippen molar-refractivity contribution in [3.8, 4) is 5.75 Å². The molecular formula is C18H28N2O2. The highest BCUT2D eigenvalue weighted by atomic mass is 16.5. The smallest absolute Gasteiger partial charge is 0.222 e. The van der Waals surface area contributed by atoms with Crippen LogP contribution in [0.4, 0.5) is 5.69 Å². The molecule has 0 bridgehead atoms. The molecule has 1 fully saturated rings. The number of carbonyl (C=O) groups is 1. The van der Waals surface area contributed by atoms with E-state index in [0.29, 0.717) is 18.7 Å². The van der Waals surface area contributed by atoms with Crippen LogP contribution in [0.1, 0.15) is 45.1 Å². The number of ether oxygens (including phenoxy) is 1. The van der Waals surface area contributed by atoms with Gasteiger partial charge in [0.1, 0.15) is 5.75 Å². The first kappa shape index (κ1) is 16.7. The summed E-state index contributed by atoms with van der Waals surface area (Å²) in [6, 6.07) is 5.84. The fraction of sp³-hybridized carbons (Fsp3) is 0.611. The molecule has 0 saturated carbocycles. The SMILES string of the molecule is CCCOc1ccc(CCC(=O)N2CCC(C)CC2)cc1N. The largest absolute Gasteiger partial charge is 0.491 e. The van der Waals surface area contributed by atoms with E-state index in [1.54, 1.807) is 0 Å². The number of nitrogens with two attached hydrogens (primary N) is 1. The fourth-order valence-corrected chi connectivity index (χ4v) is 2.76. The molecule has 0 unspecified atom stereocenters. The van der Waals surface area contributed by atoms with Gasteiger partial charge in [0.15, 0.2) is 0 Å². The summed E-state index contributed by atoms with van der Waals surface area (Å²) in [6.07, 6.45) is 4.51. The molecule has 1 heterocycles. The van der Waals surface area contributed by atoms with Crippen LogP contribution in [0.25, 0.3) is 0 Å². The number of carbonyl (C=O) groups excluding carboxylic acids is 1. The standard InChI is InChI=1S/C18H28N2O2/c1-3-12-22-17-6-4-15(13-16(17)19)5-7-18(21)20-10-8-14(2)9-11-20/h4,6,13-14H,3,5,7-12,19H2,1-2H3. The van der Waals surface area contributed by atoms with Gasteiger partial charge in [-0.3, -0.25) is 4.79 Å². The van der Waals surface area contributed by atoms with Gasteiger partial charge in [0.05, 0.1) is 12.3 Å². The highest BCUT2D eigenvalue weighted by Gasteiger charge is 2.19. The first-order chi connectivity index (χ1) is 10.6. The molecule has 0 radical (unpaired) electrons. The topological polar surface area (TPSA) is 55.6 Å². The minimum atomic E-state index is 0.261. The van der Waals surface area contributed by atoms with Gasteiger partial charge < -0.3 is 15.4 Å². The predicted octanol–water partition coefficient (Wildman–Crippen LogP) is 3.25. The second-order valence-corrected chi connectivity index (χ2v) is 6.28. The Morgan fingerprint density at radius 1 is 1.36 bits per heavy atom. The normalized spacial score (nSPS) is 15.8. The molecule has 4 heteroatoms. The van der Waals surface area contributed by atoms with E-state index in [0.717, 1.165) is 56.0 Å². The van der Waals surface area contributed by atoms with E-state index < -0.39 is 0 Å². The van der Waals surface area contributed by atoms with Crippen molar-refractivity contribution in [3.05, 3.63) is 23.8 Å². The Hall–Kier alpha value is -1.71. The summed E-state index contributed by atoms with van der Waals surface area (Å²) in [6.45, 7) is 6.82. The molecule has 0 aromatic heterocycles. The summed E-state index contributed by atoms with van der Waals surface area (Å²) in [4.78, 5) is 14.2. The molecule has 1 saturated heterocycles. The third kappa shape index (κ3) is 4.65. The zero-order chi connectivity index (χ0) is 15.9. The molecule has 1 aliphatic heterocycles.